The third kappa shape index (κ3) is 5.10. The lowest BCUT2D eigenvalue weighted by molar-refractivity contribution is 0.338. The van der Waals surface area contributed by atoms with Gasteiger partial charge in [-0.25, -0.2) is 13.1 Å². The van der Waals surface area contributed by atoms with Gasteiger partial charge in [-0.05, 0) is 61.1 Å². The summed E-state index contributed by atoms with van der Waals surface area (Å²) in [6.45, 7) is 3.59. The number of rotatable bonds is 8. The summed E-state index contributed by atoms with van der Waals surface area (Å²) in [6.07, 6.45) is 0.744. The van der Waals surface area contributed by atoms with Gasteiger partial charge in [-0.3, -0.25) is 0 Å². The Morgan fingerprint density at radius 2 is 2.05 bits per heavy atom. The van der Waals surface area contributed by atoms with E-state index >= 15 is 0 Å². The van der Waals surface area contributed by atoms with Crippen molar-refractivity contribution in [2.75, 3.05) is 26.7 Å². The first-order valence-corrected chi connectivity index (χ1v) is 8.35. The van der Waals surface area contributed by atoms with Crippen molar-refractivity contribution in [1.82, 2.24) is 10.0 Å². The van der Waals surface area contributed by atoms with E-state index in [1.54, 1.807) is 12.1 Å². The molecule has 0 aliphatic carbocycles. The standard InChI is InChI=1S/C12H19BrN2O3S/c1-3-18-12-6-5-10(9-11(12)13)19(16,17)15-8-4-7-14-2/h5-6,9,14-15H,3-4,7-8H2,1-2H3. The van der Waals surface area contributed by atoms with Crippen molar-refractivity contribution in [3.05, 3.63) is 22.7 Å². The summed E-state index contributed by atoms with van der Waals surface area (Å²) in [4.78, 5) is 0.229. The number of benzene rings is 1. The molecule has 0 heterocycles. The minimum atomic E-state index is -3.46. The number of sulfonamides is 1. The van der Waals surface area contributed by atoms with Crippen LogP contribution in [0.25, 0.3) is 0 Å². The first-order valence-electron chi connectivity index (χ1n) is 6.08. The second-order valence-electron chi connectivity index (χ2n) is 3.88. The summed E-state index contributed by atoms with van der Waals surface area (Å²) in [6, 6.07) is 4.73. The smallest absolute Gasteiger partial charge is 0.240 e. The fraction of sp³-hybridized carbons (Fsp3) is 0.500. The third-order valence-electron chi connectivity index (χ3n) is 2.41. The van der Waals surface area contributed by atoms with E-state index in [1.165, 1.54) is 6.07 Å². The van der Waals surface area contributed by atoms with E-state index in [9.17, 15) is 8.42 Å². The average molecular weight is 351 g/mol. The maximum atomic E-state index is 12.0. The van der Waals surface area contributed by atoms with E-state index in [0.717, 1.165) is 13.0 Å². The van der Waals surface area contributed by atoms with Crippen molar-refractivity contribution in [2.45, 2.75) is 18.2 Å². The highest BCUT2D eigenvalue weighted by Gasteiger charge is 2.15. The van der Waals surface area contributed by atoms with E-state index < -0.39 is 10.0 Å². The van der Waals surface area contributed by atoms with Gasteiger partial charge in [-0.1, -0.05) is 0 Å². The molecule has 0 saturated heterocycles. The highest BCUT2D eigenvalue weighted by molar-refractivity contribution is 9.10. The first-order chi connectivity index (χ1) is 9.01. The van der Waals surface area contributed by atoms with Crippen molar-refractivity contribution in [3.63, 3.8) is 0 Å². The second-order valence-corrected chi connectivity index (χ2v) is 6.50. The van der Waals surface area contributed by atoms with Crippen LogP contribution in [0.1, 0.15) is 13.3 Å². The van der Waals surface area contributed by atoms with Crippen LogP contribution in [-0.4, -0.2) is 35.2 Å². The quantitative estimate of drug-likeness (QED) is 0.700. The van der Waals surface area contributed by atoms with Gasteiger partial charge >= 0.3 is 0 Å². The van der Waals surface area contributed by atoms with E-state index in [0.29, 0.717) is 23.4 Å². The molecule has 1 aromatic rings. The molecule has 0 amide bonds. The predicted molar refractivity (Wildman–Crippen MR) is 79.0 cm³/mol. The fourth-order valence-electron chi connectivity index (χ4n) is 1.48. The zero-order valence-electron chi connectivity index (χ0n) is 11.1. The molecule has 0 saturated carbocycles. The number of halogens is 1. The van der Waals surface area contributed by atoms with Crippen molar-refractivity contribution >= 4 is 26.0 Å². The fourth-order valence-corrected chi connectivity index (χ4v) is 3.22. The summed E-state index contributed by atoms with van der Waals surface area (Å²) in [5.74, 6) is 0.636. The van der Waals surface area contributed by atoms with Crippen LogP contribution in [0, 0.1) is 0 Å². The van der Waals surface area contributed by atoms with Crippen LogP contribution in [-0.2, 0) is 10.0 Å². The van der Waals surface area contributed by atoms with Gasteiger partial charge in [0.15, 0.2) is 0 Å². The van der Waals surface area contributed by atoms with Crippen LogP contribution in [0.3, 0.4) is 0 Å². The lowest BCUT2D eigenvalue weighted by atomic mass is 10.3. The van der Waals surface area contributed by atoms with E-state index in [1.807, 2.05) is 14.0 Å². The van der Waals surface area contributed by atoms with Gasteiger partial charge in [-0.15, -0.1) is 0 Å². The lowest BCUT2D eigenvalue weighted by Crippen LogP contribution is -2.26. The molecule has 0 aliphatic rings. The zero-order valence-corrected chi connectivity index (χ0v) is 13.5. The molecule has 2 N–H and O–H groups in total. The van der Waals surface area contributed by atoms with Gasteiger partial charge in [0.2, 0.25) is 10.0 Å². The summed E-state index contributed by atoms with van der Waals surface area (Å²) < 4.78 is 32.6. The molecule has 0 atom stereocenters. The van der Waals surface area contributed by atoms with Gasteiger partial charge < -0.3 is 10.1 Å². The van der Waals surface area contributed by atoms with E-state index in [4.69, 9.17) is 4.74 Å². The van der Waals surface area contributed by atoms with Crippen LogP contribution in [0.2, 0.25) is 0 Å². The Bertz CT molecular complexity index is 506. The van der Waals surface area contributed by atoms with Gasteiger partial charge in [-0.2, -0.15) is 0 Å². The van der Waals surface area contributed by atoms with E-state index in [-0.39, 0.29) is 4.90 Å². The van der Waals surface area contributed by atoms with Gasteiger partial charge in [0.05, 0.1) is 16.0 Å². The molecule has 5 nitrogen and oxygen atoms in total. The summed E-state index contributed by atoms with van der Waals surface area (Å²) >= 11 is 3.31. The van der Waals surface area contributed by atoms with Crippen molar-refractivity contribution < 1.29 is 13.2 Å². The monoisotopic (exact) mass is 350 g/mol. The minimum absolute atomic E-state index is 0.229. The molecule has 7 heteroatoms. The average Bonchev–Trinajstić information content (AvgIpc) is 2.37. The SMILES string of the molecule is CCOc1ccc(S(=O)(=O)NCCCNC)cc1Br. The van der Waals surface area contributed by atoms with Crippen LogP contribution < -0.4 is 14.8 Å². The first kappa shape index (κ1) is 16.4. The Morgan fingerprint density at radius 3 is 2.63 bits per heavy atom. The molecular weight excluding hydrogens is 332 g/mol. The maximum Gasteiger partial charge on any atom is 0.240 e. The summed E-state index contributed by atoms with van der Waals surface area (Å²) in [5.41, 5.74) is 0. The number of nitrogens with one attached hydrogen (secondary N) is 2. The number of ether oxygens (including phenoxy) is 1. The molecule has 0 aromatic heterocycles. The number of hydrogen-bond acceptors (Lipinski definition) is 4. The zero-order chi connectivity index (χ0) is 14.3. The van der Waals surface area contributed by atoms with Gasteiger partial charge in [0, 0.05) is 6.54 Å². The van der Waals surface area contributed by atoms with Gasteiger partial charge in [0.25, 0.3) is 0 Å². The minimum Gasteiger partial charge on any atom is -0.493 e. The topological polar surface area (TPSA) is 67.4 Å². The van der Waals surface area contributed by atoms with Crippen LogP contribution in [0.4, 0.5) is 0 Å². The lowest BCUT2D eigenvalue weighted by Gasteiger charge is -2.09. The summed E-state index contributed by atoms with van der Waals surface area (Å²) in [7, 11) is -1.63. The third-order valence-corrected chi connectivity index (χ3v) is 4.49. The van der Waals surface area contributed by atoms with Crippen LogP contribution in [0.15, 0.2) is 27.6 Å². The molecule has 0 spiro atoms. The summed E-state index contributed by atoms with van der Waals surface area (Å²) in [5, 5.41) is 2.97. The molecule has 1 rings (SSSR count). The van der Waals surface area contributed by atoms with E-state index in [2.05, 4.69) is 26.0 Å². The molecule has 0 bridgehead atoms. The van der Waals surface area contributed by atoms with Crippen molar-refractivity contribution in [1.29, 1.82) is 0 Å². The van der Waals surface area contributed by atoms with Crippen LogP contribution >= 0.6 is 15.9 Å². The van der Waals surface area contributed by atoms with Crippen molar-refractivity contribution in [2.24, 2.45) is 0 Å². The Labute approximate surface area is 122 Å². The molecular formula is C12H19BrN2O3S. The maximum absolute atomic E-state index is 12.0. The second kappa shape index (κ2) is 7.84. The Kier molecular flexibility index (Phi) is 6.78. The number of hydrogen-bond donors (Lipinski definition) is 2. The molecule has 1 aromatic carbocycles. The molecule has 0 aliphatic heterocycles. The van der Waals surface area contributed by atoms with Gasteiger partial charge in [0.1, 0.15) is 5.75 Å². The molecule has 108 valence electrons. The normalized spacial score (nSPS) is 11.5. The Hall–Kier alpha value is -0.630. The molecule has 19 heavy (non-hydrogen) atoms. The largest absolute Gasteiger partial charge is 0.493 e. The molecule has 0 radical (unpaired) electrons. The molecule has 0 unspecified atom stereocenters. The molecule has 0 fully saturated rings. The Balaban J connectivity index is 2.75. The highest BCUT2D eigenvalue weighted by atomic mass is 79.9. The highest BCUT2D eigenvalue weighted by Crippen LogP contribution is 2.27. The van der Waals surface area contributed by atoms with Crippen molar-refractivity contribution in [3.8, 4) is 5.75 Å². The van der Waals surface area contributed by atoms with Crippen LogP contribution in [0.5, 0.6) is 5.75 Å². The predicted octanol–water partition coefficient (Wildman–Crippen LogP) is 1.74. The Morgan fingerprint density at radius 1 is 1.32 bits per heavy atom.